The lowest BCUT2D eigenvalue weighted by Crippen LogP contribution is -2.38. The fraction of sp³-hybridized carbons (Fsp3) is 0.538. The molecule has 14 heavy (non-hydrogen) atoms. The number of hydrogen-bond donors (Lipinski definition) is 0. The maximum absolute atomic E-state index is 2.51. The molecule has 0 aliphatic carbocycles. The molecule has 2 rings (SSSR count). The second-order valence-electron chi connectivity index (χ2n) is 4.69. The molecule has 0 aromatic heterocycles. The molecule has 0 bridgehead atoms. The van der Waals surface area contributed by atoms with Gasteiger partial charge < -0.3 is 4.90 Å². The summed E-state index contributed by atoms with van der Waals surface area (Å²) in [5.74, 6) is 1.66. The minimum atomic E-state index is 0.832. The van der Waals surface area contributed by atoms with Crippen LogP contribution in [-0.4, -0.2) is 13.1 Å². The zero-order valence-corrected chi connectivity index (χ0v) is 9.11. The highest BCUT2D eigenvalue weighted by Crippen LogP contribution is 2.25. The standard InChI is InChI=1S/C13H19N/c1-11-8-12(2)10-14(9-11)13-6-4-3-5-7-13/h3-7,11-12H,8-10H2,1-2H3/t11-,12+. The molecule has 0 saturated carbocycles. The first-order valence-electron chi connectivity index (χ1n) is 5.55. The summed E-state index contributed by atoms with van der Waals surface area (Å²) in [6.45, 7) is 7.14. The van der Waals surface area contributed by atoms with Crippen LogP contribution < -0.4 is 4.90 Å². The van der Waals surface area contributed by atoms with Crippen LogP contribution in [0.15, 0.2) is 30.3 Å². The van der Waals surface area contributed by atoms with Crippen LogP contribution in [0.4, 0.5) is 5.69 Å². The molecule has 0 amide bonds. The van der Waals surface area contributed by atoms with Gasteiger partial charge in [0.1, 0.15) is 0 Å². The summed E-state index contributed by atoms with van der Waals surface area (Å²) < 4.78 is 0. The molecule has 0 N–H and O–H groups in total. The molecular formula is C13H19N. The Balaban J connectivity index is 2.11. The van der Waals surface area contributed by atoms with Crippen LogP contribution in [0.25, 0.3) is 0 Å². The van der Waals surface area contributed by atoms with Gasteiger partial charge in [-0.3, -0.25) is 0 Å². The highest BCUT2D eigenvalue weighted by atomic mass is 15.1. The Kier molecular flexibility index (Phi) is 2.76. The molecule has 0 radical (unpaired) electrons. The molecule has 1 aliphatic rings. The van der Waals surface area contributed by atoms with Crippen molar-refractivity contribution in [3.63, 3.8) is 0 Å². The average Bonchev–Trinajstić information content (AvgIpc) is 2.18. The van der Waals surface area contributed by atoms with Crippen molar-refractivity contribution >= 4 is 5.69 Å². The fourth-order valence-corrected chi connectivity index (χ4v) is 2.51. The Hall–Kier alpha value is -0.980. The van der Waals surface area contributed by atoms with Gasteiger partial charge in [-0.1, -0.05) is 32.0 Å². The smallest absolute Gasteiger partial charge is 0.0366 e. The maximum atomic E-state index is 2.51. The molecule has 1 heterocycles. The van der Waals surface area contributed by atoms with E-state index in [1.165, 1.54) is 25.2 Å². The van der Waals surface area contributed by atoms with E-state index in [-0.39, 0.29) is 0 Å². The van der Waals surface area contributed by atoms with Crippen molar-refractivity contribution < 1.29 is 0 Å². The van der Waals surface area contributed by atoms with Crippen LogP contribution in [0.5, 0.6) is 0 Å². The van der Waals surface area contributed by atoms with Crippen LogP contribution in [0.3, 0.4) is 0 Å². The number of rotatable bonds is 1. The lowest BCUT2D eigenvalue weighted by Gasteiger charge is -2.36. The molecule has 1 aromatic rings. The van der Waals surface area contributed by atoms with Crippen LogP contribution in [-0.2, 0) is 0 Å². The maximum Gasteiger partial charge on any atom is 0.0366 e. The first-order valence-corrected chi connectivity index (χ1v) is 5.55. The molecule has 1 saturated heterocycles. The van der Waals surface area contributed by atoms with E-state index in [1.54, 1.807) is 0 Å². The number of nitrogens with zero attached hydrogens (tertiary/aromatic N) is 1. The molecule has 1 aromatic carbocycles. The largest absolute Gasteiger partial charge is 0.371 e. The summed E-state index contributed by atoms with van der Waals surface area (Å²) in [6.07, 6.45) is 1.38. The highest BCUT2D eigenvalue weighted by molar-refractivity contribution is 5.46. The second kappa shape index (κ2) is 4.04. The molecule has 0 unspecified atom stereocenters. The molecule has 1 heteroatoms. The van der Waals surface area contributed by atoms with E-state index in [1.807, 2.05) is 0 Å². The first-order chi connectivity index (χ1) is 6.75. The van der Waals surface area contributed by atoms with Gasteiger partial charge in [-0.15, -0.1) is 0 Å². The van der Waals surface area contributed by atoms with Gasteiger partial charge in [0.05, 0.1) is 0 Å². The van der Waals surface area contributed by atoms with Gasteiger partial charge in [0.15, 0.2) is 0 Å². The van der Waals surface area contributed by atoms with Crippen molar-refractivity contribution in [3.8, 4) is 0 Å². The summed E-state index contributed by atoms with van der Waals surface area (Å²) in [5, 5.41) is 0. The van der Waals surface area contributed by atoms with Crippen LogP contribution >= 0.6 is 0 Å². The van der Waals surface area contributed by atoms with E-state index < -0.39 is 0 Å². The number of para-hydroxylation sites is 1. The van der Waals surface area contributed by atoms with Gasteiger partial charge in [0.2, 0.25) is 0 Å². The Morgan fingerprint density at radius 3 is 2.14 bits per heavy atom. The number of benzene rings is 1. The Labute approximate surface area is 86.7 Å². The zero-order valence-electron chi connectivity index (χ0n) is 9.11. The molecule has 1 nitrogen and oxygen atoms in total. The van der Waals surface area contributed by atoms with E-state index in [2.05, 4.69) is 49.1 Å². The Morgan fingerprint density at radius 1 is 1.00 bits per heavy atom. The highest BCUT2D eigenvalue weighted by Gasteiger charge is 2.21. The van der Waals surface area contributed by atoms with E-state index in [0.717, 1.165) is 11.8 Å². The SMILES string of the molecule is C[C@@H]1C[C@H](C)CN(c2ccccc2)C1. The molecule has 1 aliphatic heterocycles. The van der Waals surface area contributed by atoms with E-state index >= 15 is 0 Å². The average molecular weight is 189 g/mol. The summed E-state index contributed by atoms with van der Waals surface area (Å²) in [5.41, 5.74) is 1.38. The van der Waals surface area contributed by atoms with Crippen molar-refractivity contribution in [2.45, 2.75) is 20.3 Å². The van der Waals surface area contributed by atoms with E-state index in [0.29, 0.717) is 0 Å². The lowest BCUT2D eigenvalue weighted by molar-refractivity contribution is 0.357. The monoisotopic (exact) mass is 189 g/mol. The number of anilines is 1. The summed E-state index contributed by atoms with van der Waals surface area (Å²) >= 11 is 0. The second-order valence-corrected chi connectivity index (χ2v) is 4.69. The van der Waals surface area contributed by atoms with Crippen LogP contribution in [0, 0.1) is 11.8 Å². The summed E-state index contributed by atoms with van der Waals surface area (Å²) in [6, 6.07) is 10.8. The van der Waals surface area contributed by atoms with Crippen molar-refractivity contribution in [1.29, 1.82) is 0 Å². The third kappa shape index (κ3) is 2.09. The Morgan fingerprint density at radius 2 is 1.57 bits per heavy atom. The van der Waals surface area contributed by atoms with Gasteiger partial charge in [-0.2, -0.15) is 0 Å². The lowest BCUT2D eigenvalue weighted by atomic mass is 9.91. The predicted octanol–water partition coefficient (Wildman–Crippen LogP) is 3.17. The zero-order chi connectivity index (χ0) is 9.97. The Bertz CT molecular complexity index is 271. The number of piperidine rings is 1. The molecular weight excluding hydrogens is 170 g/mol. The number of hydrogen-bond acceptors (Lipinski definition) is 1. The molecule has 2 atom stereocenters. The quantitative estimate of drug-likeness (QED) is 0.656. The molecule has 0 spiro atoms. The van der Waals surface area contributed by atoms with E-state index in [9.17, 15) is 0 Å². The van der Waals surface area contributed by atoms with Crippen molar-refractivity contribution in [1.82, 2.24) is 0 Å². The van der Waals surface area contributed by atoms with Crippen LogP contribution in [0.1, 0.15) is 20.3 Å². The van der Waals surface area contributed by atoms with Crippen molar-refractivity contribution in [2.24, 2.45) is 11.8 Å². The normalized spacial score (nSPS) is 27.7. The van der Waals surface area contributed by atoms with E-state index in [4.69, 9.17) is 0 Å². The van der Waals surface area contributed by atoms with Crippen LogP contribution in [0.2, 0.25) is 0 Å². The van der Waals surface area contributed by atoms with Crippen molar-refractivity contribution in [3.05, 3.63) is 30.3 Å². The van der Waals surface area contributed by atoms with Gasteiger partial charge >= 0.3 is 0 Å². The minimum Gasteiger partial charge on any atom is -0.371 e. The summed E-state index contributed by atoms with van der Waals surface area (Å²) in [7, 11) is 0. The topological polar surface area (TPSA) is 3.24 Å². The third-order valence-electron chi connectivity index (χ3n) is 2.99. The van der Waals surface area contributed by atoms with Gasteiger partial charge in [0.25, 0.3) is 0 Å². The third-order valence-corrected chi connectivity index (χ3v) is 2.99. The van der Waals surface area contributed by atoms with Crippen molar-refractivity contribution in [2.75, 3.05) is 18.0 Å². The van der Waals surface area contributed by atoms with Gasteiger partial charge in [-0.25, -0.2) is 0 Å². The minimum absolute atomic E-state index is 0.832. The fourth-order valence-electron chi connectivity index (χ4n) is 2.51. The molecule has 1 fully saturated rings. The van der Waals surface area contributed by atoms with Gasteiger partial charge in [-0.05, 0) is 30.4 Å². The summed E-state index contributed by atoms with van der Waals surface area (Å²) in [4.78, 5) is 2.51. The molecule has 76 valence electrons. The van der Waals surface area contributed by atoms with Gasteiger partial charge in [0, 0.05) is 18.8 Å². The predicted molar refractivity (Wildman–Crippen MR) is 61.6 cm³/mol. The first kappa shape index (κ1) is 9.57.